The molecule has 3 aliphatic rings. The SMILES string of the molecule is CCC(C)C(NC)C(=O)NC(C(=O)N1CCC2Oc3ccc(OC)c(c3)C=CNC(=O)C3CCCN3C(=O)C21)C(C)CC. The Labute approximate surface area is 254 Å². The lowest BCUT2D eigenvalue weighted by atomic mass is 9.94. The van der Waals surface area contributed by atoms with Gasteiger partial charge in [-0.25, -0.2) is 0 Å². The van der Waals surface area contributed by atoms with Crippen LogP contribution in [0, 0.1) is 11.8 Å². The van der Waals surface area contributed by atoms with Gasteiger partial charge in [0.05, 0.1) is 13.2 Å². The molecule has 0 spiro atoms. The number of nitrogens with zero attached hydrogens (tertiary/aromatic N) is 2. The smallest absolute Gasteiger partial charge is 0.249 e. The Morgan fingerprint density at radius 3 is 2.49 bits per heavy atom. The highest BCUT2D eigenvalue weighted by Gasteiger charge is 2.50. The Bertz CT molecular complexity index is 1220. The maximum atomic E-state index is 14.3. The van der Waals surface area contributed by atoms with E-state index in [1.807, 2.05) is 27.7 Å². The van der Waals surface area contributed by atoms with Crippen LogP contribution in [0.2, 0.25) is 0 Å². The van der Waals surface area contributed by atoms with E-state index in [1.165, 1.54) is 0 Å². The van der Waals surface area contributed by atoms with E-state index in [1.54, 1.807) is 54.4 Å². The van der Waals surface area contributed by atoms with Crippen LogP contribution in [0.5, 0.6) is 11.5 Å². The van der Waals surface area contributed by atoms with Crippen molar-refractivity contribution in [1.82, 2.24) is 25.8 Å². The predicted octanol–water partition coefficient (Wildman–Crippen LogP) is 2.30. The van der Waals surface area contributed by atoms with Crippen molar-refractivity contribution in [3.8, 4) is 11.5 Å². The second kappa shape index (κ2) is 14.2. The summed E-state index contributed by atoms with van der Waals surface area (Å²) < 4.78 is 11.9. The Morgan fingerprint density at radius 1 is 1.09 bits per heavy atom. The molecule has 4 rings (SSSR count). The Hall–Kier alpha value is -3.60. The lowest BCUT2D eigenvalue weighted by Gasteiger charge is -2.36. The lowest BCUT2D eigenvalue weighted by molar-refractivity contribution is -0.150. The molecule has 0 saturated carbocycles. The minimum Gasteiger partial charge on any atom is -0.496 e. The topological polar surface area (TPSA) is 129 Å². The number of ether oxygens (including phenoxy) is 2. The Kier molecular flexibility index (Phi) is 10.7. The van der Waals surface area contributed by atoms with Gasteiger partial charge in [0.1, 0.15) is 35.7 Å². The van der Waals surface area contributed by atoms with Crippen molar-refractivity contribution in [3.63, 3.8) is 0 Å². The molecule has 2 saturated heterocycles. The summed E-state index contributed by atoms with van der Waals surface area (Å²) in [6, 6.07) is 2.47. The highest BCUT2D eigenvalue weighted by molar-refractivity contribution is 5.96. The number of nitrogens with one attached hydrogen (secondary N) is 3. The van der Waals surface area contributed by atoms with E-state index in [0.717, 1.165) is 6.42 Å². The van der Waals surface area contributed by atoms with Crippen molar-refractivity contribution in [2.75, 3.05) is 27.2 Å². The van der Waals surface area contributed by atoms with Gasteiger partial charge >= 0.3 is 0 Å². The van der Waals surface area contributed by atoms with E-state index in [2.05, 4.69) is 16.0 Å². The van der Waals surface area contributed by atoms with Crippen LogP contribution in [0.15, 0.2) is 24.4 Å². The van der Waals surface area contributed by atoms with Gasteiger partial charge in [-0.15, -0.1) is 0 Å². The fraction of sp³-hybridized carbons (Fsp3) is 0.625. The summed E-state index contributed by atoms with van der Waals surface area (Å²) in [5.74, 6) is -0.109. The molecule has 0 aliphatic carbocycles. The monoisotopic (exact) mass is 597 g/mol. The number of fused-ring (bicyclic) bond motifs is 4. The molecular formula is C32H47N5O6. The number of hydrogen-bond acceptors (Lipinski definition) is 7. The fourth-order valence-electron chi connectivity index (χ4n) is 6.32. The standard InChI is InChI=1S/C32H47N5O6/c1-7-19(3)26(33-5)30(39)35-27(20(4)8-2)31(40)37-17-14-25-28(37)32(41)36-16-9-10-23(36)29(38)34-15-13-21-18-22(43-25)11-12-24(21)42-6/h11-13,15,18-20,23,25-28,33H,7-10,14,16-17H2,1-6H3,(H,34,38)(H,35,39). The average Bonchev–Trinajstić information content (AvgIpc) is 3.67. The summed E-state index contributed by atoms with van der Waals surface area (Å²) in [5, 5.41) is 8.93. The first-order valence-corrected chi connectivity index (χ1v) is 15.5. The van der Waals surface area contributed by atoms with Crippen molar-refractivity contribution in [3.05, 3.63) is 30.0 Å². The van der Waals surface area contributed by atoms with Crippen molar-refractivity contribution in [2.24, 2.45) is 11.8 Å². The lowest BCUT2D eigenvalue weighted by Crippen LogP contribution is -2.61. The third-order valence-electron chi connectivity index (χ3n) is 9.28. The van der Waals surface area contributed by atoms with Crippen LogP contribution in [0.25, 0.3) is 6.08 Å². The largest absolute Gasteiger partial charge is 0.496 e. The summed E-state index contributed by atoms with van der Waals surface area (Å²) in [4.78, 5) is 58.4. The van der Waals surface area contributed by atoms with E-state index in [-0.39, 0.29) is 42.0 Å². The quantitative estimate of drug-likeness (QED) is 0.399. The maximum absolute atomic E-state index is 14.3. The van der Waals surface area contributed by atoms with Crippen LogP contribution in [-0.4, -0.2) is 90.9 Å². The van der Waals surface area contributed by atoms with Crippen molar-refractivity contribution in [1.29, 1.82) is 0 Å². The van der Waals surface area contributed by atoms with Gasteiger partial charge in [0.2, 0.25) is 23.6 Å². The summed E-state index contributed by atoms with van der Waals surface area (Å²) >= 11 is 0. The summed E-state index contributed by atoms with van der Waals surface area (Å²) in [5.41, 5.74) is 0.705. The molecule has 7 unspecified atom stereocenters. The maximum Gasteiger partial charge on any atom is 0.249 e. The van der Waals surface area contributed by atoms with Crippen LogP contribution in [0.4, 0.5) is 0 Å². The number of likely N-dealkylation sites (N-methyl/N-ethyl adjacent to an activating group) is 1. The number of amides is 4. The molecule has 1 aromatic carbocycles. The van der Waals surface area contributed by atoms with Gasteiger partial charge < -0.3 is 35.2 Å². The van der Waals surface area contributed by atoms with Crippen molar-refractivity contribution in [2.45, 2.75) is 90.1 Å². The Balaban J connectivity index is 1.70. The molecule has 0 aromatic heterocycles. The minimum absolute atomic E-state index is 0.0707. The molecule has 0 radical (unpaired) electrons. The average molecular weight is 598 g/mol. The fourth-order valence-corrected chi connectivity index (χ4v) is 6.32. The number of carbonyl (C=O) groups is 4. The van der Waals surface area contributed by atoms with Crippen molar-refractivity contribution >= 4 is 29.7 Å². The third-order valence-corrected chi connectivity index (χ3v) is 9.28. The number of methoxy groups -OCH3 is 1. The molecule has 11 heteroatoms. The number of rotatable bonds is 9. The first-order valence-electron chi connectivity index (χ1n) is 15.5. The second-order valence-corrected chi connectivity index (χ2v) is 11.9. The molecule has 2 bridgehead atoms. The molecule has 11 nitrogen and oxygen atoms in total. The normalized spacial score (nSPS) is 24.7. The van der Waals surface area contributed by atoms with E-state index in [4.69, 9.17) is 9.47 Å². The van der Waals surface area contributed by atoms with E-state index in [9.17, 15) is 19.2 Å². The highest BCUT2D eigenvalue weighted by atomic mass is 16.5. The van der Waals surface area contributed by atoms with Gasteiger partial charge in [0.25, 0.3) is 0 Å². The summed E-state index contributed by atoms with van der Waals surface area (Å²) in [7, 11) is 3.31. The van der Waals surface area contributed by atoms with Gasteiger partial charge in [0.15, 0.2) is 0 Å². The first-order chi connectivity index (χ1) is 20.6. The number of hydrogen-bond donors (Lipinski definition) is 3. The highest BCUT2D eigenvalue weighted by Crippen LogP contribution is 2.32. The molecule has 4 amide bonds. The van der Waals surface area contributed by atoms with Gasteiger partial charge in [0, 0.05) is 31.3 Å². The zero-order chi connectivity index (χ0) is 31.3. The van der Waals surface area contributed by atoms with Crippen LogP contribution < -0.4 is 25.4 Å². The van der Waals surface area contributed by atoms with Gasteiger partial charge in [-0.1, -0.05) is 40.5 Å². The summed E-state index contributed by atoms with van der Waals surface area (Å²) in [6.07, 6.45) is 5.75. The Morgan fingerprint density at radius 2 is 1.81 bits per heavy atom. The van der Waals surface area contributed by atoms with E-state index in [0.29, 0.717) is 49.3 Å². The van der Waals surface area contributed by atoms with Gasteiger partial charge in [-0.2, -0.15) is 0 Å². The summed E-state index contributed by atoms with van der Waals surface area (Å²) in [6.45, 7) is 8.63. The molecule has 1 aromatic rings. The third kappa shape index (κ3) is 6.82. The van der Waals surface area contributed by atoms with Crippen LogP contribution >= 0.6 is 0 Å². The molecule has 43 heavy (non-hydrogen) atoms. The molecular weight excluding hydrogens is 550 g/mol. The zero-order valence-electron chi connectivity index (χ0n) is 26.2. The van der Waals surface area contributed by atoms with Gasteiger partial charge in [-0.05, 0) is 56.0 Å². The number of benzene rings is 1. The van der Waals surface area contributed by atoms with Gasteiger partial charge in [-0.3, -0.25) is 19.2 Å². The van der Waals surface area contributed by atoms with Crippen LogP contribution in [0.1, 0.15) is 65.4 Å². The van der Waals surface area contributed by atoms with E-state index < -0.39 is 30.3 Å². The first kappa shape index (κ1) is 32.3. The van der Waals surface area contributed by atoms with Crippen LogP contribution in [0.3, 0.4) is 0 Å². The molecule has 236 valence electrons. The molecule has 3 heterocycles. The predicted molar refractivity (Wildman–Crippen MR) is 163 cm³/mol. The van der Waals surface area contributed by atoms with E-state index >= 15 is 0 Å². The molecule has 3 N–H and O–H groups in total. The minimum atomic E-state index is -0.946. The molecule has 7 atom stereocenters. The number of likely N-dealkylation sites (tertiary alicyclic amines) is 1. The second-order valence-electron chi connectivity index (χ2n) is 11.9. The molecule has 3 aliphatic heterocycles. The van der Waals surface area contributed by atoms with Crippen molar-refractivity contribution < 1.29 is 28.7 Å². The molecule has 2 fully saturated rings. The zero-order valence-corrected chi connectivity index (χ0v) is 26.2. The van der Waals surface area contributed by atoms with Crippen LogP contribution in [-0.2, 0) is 19.2 Å². The number of carbonyl (C=O) groups excluding carboxylic acids is 4.